The van der Waals surface area contributed by atoms with Crippen molar-refractivity contribution in [3.05, 3.63) is 101 Å². The summed E-state index contributed by atoms with van der Waals surface area (Å²) in [6.07, 6.45) is 9.01. The lowest BCUT2D eigenvalue weighted by Crippen LogP contribution is -2.01. The Kier molecular flexibility index (Phi) is 8.35. The molecule has 0 unspecified atom stereocenters. The summed E-state index contributed by atoms with van der Waals surface area (Å²) < 4.78 is 47.3. The van der Waals surface area contributed by atoms with E-state index < -0.39 is 11.6 Å². The van der Waals surface area contributed by atoms with E-state index in [1.807, 2.05) is 18.2 Å². The maximum Gasteiger partial charge on any atom is 0.159 e. The van der Waals surface area contributed by atoms with Crippen molar-refractivity contribution in [1.29, 1.82) is 0 Å². The van der Waals surface area contributed by atoms with Crippen LogP contribution >= 0.6 is 0 Å². The summed E-state index contributed by atoms with van der Waals surface area (Å²) in [5, 5.41) is 1.38. The Morgan fingerprint density at radius 2 is 1.49 bits per heavy atom. The predicted octanol–water partition coefficient (Wildman–Crippen LogP) is 7.19. The van der Waals surface area contributed by atoms with E-state index in [2.05, 4.69) is 16.9 Å². The van der Waals surface area contributed by atoms with Crippen molar-refractivity contribution in [3.8, 4) is 5.75 Å². The van der Waals surface area contributed by atoms with Gasteiger partial charge in [-0.25, -0.2) is 23.1 Å². The van der Waals surface area contributed by atoms with Crippen LogP contribution in [0.2, 0.25) is 0 Å². The van der Waals surface area contributed by atoms with Gasteiger partial charge in [0.25, 0.3) is 0 Å². The average molecular weight is 479 g/mol. The first-order chi connectivity index (χ1) is 17.0. The maximum atomic E-state index is 15.1. The second-order valence-corrected chi connectivity index (χ2v) is 8.73. The predicted molar refractivity (Wildman–Crippen MR) is 132 cm³/mol. The van der Waals surface area contributed by atoms with Crippen LogP contribution in [0.1, 0.15) is 48.7 Å². The number of hydrogen-bond acceptors (Lipinski definition) is 3. The van der Waals surface area contributed by atoms with Crippen LogP contribution in [0.15, 0.2) is 60.9 Å². The van der Waals surface area contributed by atoms with Gasteiger partial charge in [-0.15, -0.1) is 0 Å². The molecule has 0 saturated heterocycles. The molecular weight excluding hydrogens is 449 g/mol. The Balaban J connectivity index is 1.35. The van der Waals surface area contributed by atoms with E-state index in [0.29, 0.717) is 48.1 Å². The Labute approximate surface area is 204 Å². The fourth-order valence-corrected chi connectivity index (χ4v) is 4.05. The molecule has 4 rings (SSSR count). The van der Waals surface area contributed by atoms with Crippen LogP contribution in [0, 0.1) is 17.5 Å². The normalized spacial score (nSPS) is 11.2. The van der Waals surface area contributed by atoms with Crippen LogP contribution in [-0.4, -0.2) is 16.6 Å². The molecule has 0 aliphatic rings. The van der Waals surface area contributed by atoms with Gasteiger partial charge >= 0.3 is 0 Å². The molecule has 3 nitrogen and oxygen atoms in total. The van der Waals surface area contributed by atoms with E-state index >= 15 is 4.39 Å². The van der Waals surface area contributed by atoms with Gasteiger partial charge in [-0.1, -0.05) is 56.2 Å². The summed E-state index contributed by atoms with van der Waals surface area (Å²) in [7, 11) is 0. The van der Waals surface area contributed by atoms with Gasteiger partial charge in [-0.05, 0) is 59.9 Å². The van der Waals surface area contributed by atoms with Crippen molar-refractivity contribution in [3.63, 3.8) is 0 Å². The van der Waals surface area contributed by atoms with Crippen LogP contribution in [-0.2, 0) is 25.7 Å². The Hall–Kier alpha value is -3.41. The van der Waals surface area contributed by atoms with Gasteiger partial charge in [0.05, 0.1) is 19.0 Å². The lowest BCUT2D eigenvalue weighted by Gasteiger charge is -2.09. The number of aromatic nitrogens is 2. The summed E-state index contributed by atoms with van der Waals surface area (Å²) in [4.78, 5) is 8.79. The molecule has 0 aliphatic carbocycles. The molecule has 0 bridgehead atoms. The third-order valence-electron chi connectivity index (χ3n) is 6.10. The zero-order chi connectivity index (χ0) is 24.6. The fraction of sp³-hybridized carbons (Fsp3) is 0.310. The van der Waals surface area contributed by atoms with Gasteiger partial charge in [0, 0.05) is 11.8 Å². The monoisotopic (exact) mass is 478 g/mol. The van der Waals surface area contributed by atoms with Crippen LogP contribution in [0.5, 0.6) is 5.75 Å². The van der Waals surface area contributed by atoms with Crippen molar-refractivity contribution in [2.75, 3.05) is 6.61 Å². The Morgan fingerprint density at radius 1 is 0.743 bits per heavy atom. The minimum atomic E-state index is -0.883. The van der Waals surface area contributed by atoms with Gasteiger partial charge in [0.2, 0.25) is 0 Å². The molecule has 3 aromatic carbocycles. The van der Waals surface area contributed by atoms with Crippen LogP contribution in [0.25, 0.3) is 10.8 Å². The molecule has 4 aromatic rings. The maximum absolute atomic E-state index is 15.1. The number of ether oxygens (including phenoxy) is 1. The van der Waals surface area contributed by atoms with Crippen molar-refractivity contribution in [2.24, 2.45) is 0 Å². The highest BCUT2D eigenvalue weighted by Gasteiger charge is 2.10. The summed E-state index contributed by atoms with van der Waals surface area (Å²) in [5.41, 5.74) is 2.27. The number of unbranched alkanes of at least 4 members (excludes halogenated alkanes) is 2. The molecule has 0 fully saturated rings. The third-order valence-corrected chi connectivity index (χ3v) is 6.10. The molecule has 35 heavy (non-hydrogen) atoms. The Morgan fingerprint density at radius 3 is 2.26 bits per heavy atom. The van der Waals surface area contributed by atoms with E-state index in [4.69, 9.17) is 4.74 Å². The van der Waals surface area contributed by atoms with E-state index in [9.17, 15) is 8.78 Å². The fourth-order valence-electron chi connectivity index (χ4n) is 4.05. The molecule has 0 atom stereocenters. The number of hydrogen-bond donors (Lipinski definition) is 0. The van der Waals surface area contributed by atoms with Gasteiger partial charge < -0.3 is 4.74 Å². The second-order valence-electron chi connectivity index (χ2n) is 8.73. The van der Waals surface area contributed by atoms with E-state index in [0.717, 1.165) is 48.5 Å². The Bertz CT molecular complexity index is 1280. The van der Waals surface area contributed by atoms with Gasteiger partial charge in [-0.2, -0.15) is 0 Å². The zero-order valence-corrected chi connectivity index (χ0v) is 19.9. The molecule has 0 saturated carbocycles. The minimum absolute atomic E-state index is 0.269. The van der Waals surface area contributed by atoms with Crippen LogP contribution in [0.3, 0.4) is 0 Å². The molecule has 0 aliphatic heterocycles. The number of aryl methyl sites for hydroxylation is 4. The SMILES string of the molecule is CCCCCOc1cnc(CCc2ccc3c(F)c(CCc4ccc(F)c(F)c4)ccc3c2)nc1. The quantitative estimate of drug-likeness (QED) is 0.214. The number of halogens is 3. The minimum Gasteiger partial charge on any atom is -0.490 e. The highest BCUT2D eigenvalue weighted by Crippen LogP contribution is 2.24. The van der Waals surface area contributed by atoms with E-state index in [1.165, 1.54) is 12.1 Å². The topological polar surface area (TPSA) is 35.0 Å². The first-order valence-corrected chi connectivity index (χ1v) is 12.1. The highest BCUT2D eigenvalue weighted by atomic mass is 19.2. The summed E-state index contributed by atoms with van der Waals surface area (Å²) >= 11 is 0. The number of fused-ring (bicyclic) bond motifs is 1. The smallest absolute Gasteiger partial charge is 0.159 e. The first kappa shape index (κ1) is 24.7. The van der Waals surface area contributed by atoms with Gasteiger partial charge in [0.1, 0.15) is 11.6 Å². The summed E-state index contributed by atoms with van der Waals surface area (Å²) in [5.74, 6) is -0.603. The van der Waals surface area contributed by atoms with Crippen molar-refractivity contribution in [2.45, 2.75) is 51.9 Å². The standard InChI is InChI=1S/C29H29F3N2O/c1-2-3-4-15-35-24-18-33-28(34-19-24)14-8-20-6-12-25-23(16-20)11-10-22(29(25)32)9-5-21-7-13-26(30)27(31)17-21/h6-7,10-13,16-19H,2-5,8-9,14-15H2,1H3. The molecule has 0 amide bonds. The van der Waals surface area contributed by atoms with Crippen molar-refractivity contribution in [1.82, 2.24) is 9.97 Å². The lowest BCUT2D eigenvalue weighted by atomic mass is 9.98. The van der Waals surface area contributed by atoms with Crippen molar-refractivity contribution >= 4 is 10.8 Å². The molecule has 0 radical (unpaired) electrons. The third kappa shape index (κ3) is 6.59. The second kappa shape index (κ2) is 11.8. The van der Waals surface area contributed by atoms with E-state index in [-0.39, 0.29) is 5.82 Å². The molecule has 1 aromatic heterocycles. The zero-order valence-electron chi connectivity index (χ0n) is 19.9. The number of benzene rings is 3. The molecule has 0 spiro atoms. The summed E-state index contributed by atoms with van der Waals surface area (Å²) in [6, 6.07) is 13.2. The largest absolute Gasteiger partial charge is 0.490 e. The molecular formula is C29H29F3N2O. The lowest BCUT2D eigenvalue weighted by molar-refractivity contribution is 0.303. The molecule has 182 valence electrons. The molecule has 6 heteroatoms. The summed E-state index contributed by atoms with van der Waals surface area (Å²) in [6.45, 7) is 2.83. The number of rotatable bonds is 11. The van der Waals surface area contributed by atoms with Crippen LogP contribution < -0.4 is 4.74 Å². The van der Waals surface area contributed by atoms with E-state index in [1.54, 1.807) is 24.5 Å². The first-order valence-electron chi connectivity index (χ1n) is 12.1. The highest BCUT2D eigenvalue weighted by molar-refractivity contribution is 5.84. The average Bonchev–Trinajstić information content (AvgIpc) is 2.87. The van der Waals surface area contributed by atoms with Crippen molar-refractivity contribution < 1.29 is 17.9 Å². The van der Waals surface area contributed by atoms with Crippen LogP contribution in [0.4, 0.5) is 13.2 Å². The van der Waals surface area contributed by atoms with Gasteiger partial charge in [0.15, 0.2) is 17.4 Å². The van der Waals surface area contributed by atoms with Gasteiger partial charge in [-0.3, -0.25) is 0 Å². The molecule has 0 N–H and O–H groups in total. The number of nitrogens with zero attached hydrogens (tertiary/aromatic N) is 2. The molecule has 1 heterocycles.